The maximum absolute atomic E-state index is 12.4. The molecule has 4 unspecified atom stereocenters. The van der Waals surface area contributed by atoms with Crippen LogP contribution in [0.15, 0.2) is 47.4 Å². The molecule has 2 aliphatic carbocycles. The van der Waals surface area contributed by atoms with E-state index in [1.807, 2.05) is 30.3 Å². The lowest BCUT2D eigenvalue weighted by Crippen LogP contribution is -2.26. The molecule has 19 heavy (non-hydrogen) atoms. The Hall–Kier alpha value is -1.55. The van der Waals surface area contributed by atoms with Crippen LogP contribution in [-0.4, -0.2) is 16.1 Å². The molecule has 1 aromatic carbocycles. The normalized spacial score (nSPS) is 35.3. The second-order valence-electron chi connectivity index (χ2n) is 5.38. The molecule has 2 bridgehead atoms. The number of imide groups is 1. The van der Waals surface area contributed by atoms with Gasteiger partial charge >= 0.3 is 0 Å². The molecule has 2 amide bonds. The van der Waals surface area contributed by atoms with Crippen molar-refractivity contribution in [2.24, 2.45) is 23.7 Å². The number of fused-ring (bicyclic) bond motifs is 5. The van der Waals surface area contributed by atoms with Gasteiger partial charge in [0.25, 0.3) is 0 Å². The molecule has 2 fully saturated rings. The Morgan fingerprint density at radius 1 is 0.947 bits per heavy atom. The summed E-state index contributed by atoms with van der Waals surface area (Å²) in [5.41, 5.74) is 0. The van der Waals surface area contributed by atoms with Gasteiger partial charge in [0.1, 0.15) is 0 Å². The van der Waals surface area contributed by atoms with Gasteiger partial charge < -0.3 is 0 Å². The SMILES string of the molecule is O=C1C2C3C=CC(C3)C2C(=O)N1Sc1ccccc1. The van der Waals surface area contributed by atoms with E-state index in [-0.39, 0.29) is 35.5 Å². The molecule has 4 rings (SSSR count). The maximum atomic E-state index is 12.4. The van der Waals surface area contributed by atoms with E-state index < -0.39 is 0 Å². The fourth-order valence-corrected chi connectivity index (χ4v) is 4.46. The van der Waals surface area contributed by atoms with Crippen molar-refractivity contribution < 1.29 is 9.59 Å². The minimum Gasteiger partial charge on any atom is -0.273 e. The third kappa shape index (κ3) is 1.53. The Bertz CT molecular complexity index is 553. The molecule has 0 spiro atoms. The number of allylic oxidation sites excluding steroid dienone is 2. The molecule has 1 saturated heterocycles. The zero-order valence-electron chi connectivity index (χ0n) is 10.2. The Balaban J connectivity index is 1.62. The molecule has 4 atom stereocenters. The van der Waals surface area contributed by atoms with E-state index >= 15 is 0 Å². The quantitative estimate of drug-likeness (QED) is 0.471. The van der Waals surface area contributed by atoms with E-state index in [9.17, 15) is 9.59 Å². The van der Waals surface area contributed by atoms with Gasteiger partial charge in [0.2, 0.25) is 11.8 Å². The number of carbonyl (C=O) groups is 2. The van der Waals surface area contributed by atoms with Crippen molar-refractivity contribution >= 4 is 23.8 Å². The summed E-state index contributed by atoms with van der Waals surface area (Å²) in [5.74, 6) is 0.375. The number of hydrogen-bond acceptors (Lipinski definition) is 3. The lowest BCUT2D eigenvalue weighted by atomic mass is 9.85. The van der Waals surface area contributed by atoms with Crippen molar-refractivity contribution in [2.45, 2.75) is 11.3 Å². The highest BCUT2D eigenvalue weighted by molar-refractivity contribution is 7.98. The van der Waals surface area contributed by atoms with Crippen LogP contribution in [0.3, 0.4) is 0 Å². The molecule has 1 heterocycles. The highest BCUT2D eigenvalue weighted by atomic mass is 32.2. The van der Waals surface area contributed by atoms with E-state index in [4.69, 9.17) is 0 Å². The van der Waals surface area contributed by atoms with Crippen molar-refractivity contribution in [1.29, 1.82) is 0 Å². The van der Waals surface area contributed by atoms with Gasteiger partial charge in [-0.15, -0.1) is 0 Å². The zero-order chi connectivity index (χ0) is 13.0. The first-order valence-electron chi connectivity index (χ1n) is 6.55. The van der Waals surface area contributed by atoms with Crippen LogP contribution in [0.1, 0.15) is 6.42 Å². The molecule has 3 nitrogen and oxygen atoms in total. The van der Waals surface area contributed by atoms with Crippen LogP contribution in [0, 0.1) is 23.7 Å². The van der Waals surface area contributed by atoms with Crippen LogP contribution in [0.2, 0.25) is 0 Å². The summed E-state index contributed by atoms with van der Waals surface area (Å²) >= 11 is 1.26. The number of amides is 2. The molecule has 4 heteroatoms. The van der Waals surface area contributed by atoms with Gasteiger partial charge in [-0.25, -0.2) is 4.31 Å². The first-order chi connectivity index (χ1) is 9.25. The molecule has 3 aliphatic rings. The topological polar surface area (TPSA) is 37.4 Å². The Labute approximate surface area is 115 Å². The summed E-state index contributed by atoms with van der Waals surface area (Å²) in [4.78, 5) is 25.8. The van der Waals surface area contributed by atoms with Crippen LogP contribution in [0.5, 0.6) is 0 Å². The highest BCUT2D eigenvalue weighted by Crippen LogP contribution is 2.54. The van der Waals surface area contributed by atoms with Gasteiger partial charge in [-0.3, -0.25) is 9.59 Å². The molecule has 1 aromatic rings. The molecule has 0 aromatic heterocycles. The minimum absolute atomic E-state index is 0.000651. The summed E-state index contributed by atoms with van der Waals surface area (Å²) in [5, 5.41) is 0. The van der Waals surface area contributed by atoms with Crippen molar-refractivity contribution in [1.82, 2.24) is 4.31 Å². The van der Waals surface area contributed by atoms with E-state index in [1.54, 1.807) is 0 Å². The third-order valence-electron chi connectivity index (χ3n) is 4.37. The van der Waals surface area contributed by atoms with Crippen LogP contribution in [-0.2, 0) is 9.59 Å². The number of nitrogens with zero attached hydrogens (tertiary/aromatic N) is 1. The molecule has 96 valence electrons. The van der Waals surface area contributed by atoms with Gasteiger partial charge in [-0.1, -0.05) is 30.4 Å². The monoisotopic (exact) mass is 271 g/mol. The van der Waals surface area contributed by atoms with Crippen molar-refractivity contribution in [3.05, 3.63) is 42.5 Å². The van der Waals surface area contributed by atoms with E-state index in [2.05, 4.69) is 12.2 Å². The average Bonchev–Trinajstić information content (AvgIpc) is 3.10. The van der Waals surface area contributed by atoms with Crippen LogP contribution in [0.4, 0.5) is 0 Å². The van der Waals surface area contributed by atoms with Crippen LogP contribution < -0.4 is 0 Å². The summed E-state index contributed by atoms with van der Waals surface area (Å²) in [7, 11) is 0. The van der Waals surface area contributed by atoms with E-state index in [1.165, 1.54) is 16.3 Å². The molecule has 0 N–H and O–H groups in total. The van der Waals surface area contributed by atoms with Gasteiger partial charge in [0, 0.05) is 4.90 Å². The van der Waals surface area contributed by atoms with Gasteiger partial charge in [0.05, 0.1) is 11.8 Å². The lowest BCUT2D eigenvalue weighted by molar-refractivity contribution is -0.134. The lowest BCUT2D eigenvalue weighted by Gasteiger charge is -2.15. The predicted octanol–water partition coefficient (Wildman–Crippen LogP) is 2.50. The smallest absolute Gasteiger partial charge is 0.244 e. The van der Waals surface area contributed by atoms with E-state index in [0.29, 0.717) is 0 Å². The largest absolute Gasteiger partial charge is 0.273 e. The number of benzene rings is 1. The van der Waals surface area contributed by atoms with E-state index in [0.717, 1.165) is 11.3 Å². The number of hydrogen-bond donors (Lipinski definition) is 0. The predicted molar refractivity (Wildman–Crippen MR) is 71.9 cm³/mol. The first kappa shape index (κ1) is 11.3. The fourth-order valence-electron chi connectivity index (χ4n) is 3.55. The standard InChI is InChI=1S/C15H13NO2S/c17-14-12-9-6-7-10(8-9)13(12)15(18)16(14)19-11-4-2-1-3-5-11/h1-7,9-10,12-13H,8H2. The minimum atomic E-state index is -0.0984. The summed E-state index contributed by atoms with van der Waals surface area (Å²) < 4.78 is 1.39. The second kappa shape index (κ2) is 3.97. The molecule has 1 saturated carbocycles. The average molecular weight is 271 g/mol. The van der Waals surface area contributed by atoms with Crippen molar-refractivity contribution in [3.63, 3.8) is 0 Å². The first-order valence-corrected chi connectivity index (χ1v) is 7.32. The number of rotatable bonds is 2. The van der Waals surface area contributed by atoms with Crippen molar-refractivity contribution in [3.8, 4) is 0 Å². The van der Waals surface area contributed by atoms with Gasteiger partial charge in [-0.2, -0.15) is 0 Å². The Kier molecular flexibility index (Phi) is 2.36. The van der Waals surface area contributed by atoms with Crippen LogP contribution >= 0.6 is 11.9 Å². The van der Waals surface area contributed by atoms with Crippen LogP contribution in [0.25, 0.3) is 0 Å². The van der Waals surface area contributed by atoms with Gasteiger partial charge in [-0.05, 0) is 42.3 Å². The third-order valence-corrected chi connectivity index (χ3v) is 5.40. The molecule has 0 radical (unpaired) electrons. The number of carbonyl (C=O) groups excluding carboxylic acids is 2. The molecular formula is C15H13NO2S. The Morgan fingerprint density at radius 3 is 2.11 bits per heavy atom. The highest BCUT2D eigenvalue weighted by Gasteiger charge is 2.59. The Morgan fingerprint density at radius 2 is 1.53 bits per heavy atom. The summed E-state index contributed by atoms with van der Waals surface area (Å²) in [6, 6.07) is 9.60. The zero-order valence-corrected chi connectivity index (χ0v) is 11.0. The molecular weight excluding hydrogens is 258 g/mol. The van der Waals surface area contributed by atoms with Gasteiger partial charge in [0.15, 0.2) is 0 Å². The second-order valence-corrected chi connectivity index (χ2v) is 6.39. The fraction of sp³-hybridized carbons (Fsp3) is 0.333. The maximum Gasteiger partial charge on any atom is 0.244 e. The summed E-state index contributed by atoms with van der Waals surface area (Å²) in [6.07, 6.45) is 5.22. The van der Waals surface area contributed by atoms with Crippen molar-refractivity contribution in [2.75, 3.05) is 0 Å². The summed E-state index contributed by atoms with van der Waals surface area (Å²) in [6.45, 7) is 0. The molecule has 1 aliphatic heterocycles.